The molecule has 0 radical (unpaired) electrons. The first-order valence-corrected chi connectivity index (χ1v) is 3.82. The Morgan fingerprint density at radius 2 is 1.85 bits per heavy atom. The molecule has 0 aromatic heterocycles. The average molecular weight is 187 g/mol. The molecular formula is C9H11F2NO. The molecule has 0 saturated heterocycles. The highest BCUT2D eigenvalue weighted by molar-refractivity contribution is 5.24. The lowest BCUT2D eigenvalue weighted by atomic mass is 10.1. The van der Waals surface area contributed by atoms with Crippen molar-refractivity contribution in [3.8, 4) is 0 Å². The predicted octanol–water partition coefficient (Wildman–Crippen LogP) is 1.84. The van der Waals surface area contributed by atoms with Gasteiger partial charge in [0.15, 0.2) is 0 Å². The van der Waals surface area contributed by atoms with Gasteiger partial charge in [-0.2, -0.15) is 8.78 Å². The molecule has 0 aliphatic carbocycles. The van der Waals surface area contributed by atoms with Crippen molar-refractivity contribution in [2.45, 2.75) is 12.7 Å². The van der Waals surface area contributed by atoms with Gasteiger partial charge in [0.1, 0.15) is 0 Å². The molecule has 72 valence electrons. The second-order valence-corrected chi connectivity index (χ2v) is 2.62. The number of ether oxygens (including phenoxy) is 1. The molecule has 0 heterocycles. The summed E-state index contributed by atoms with van der Waals surface area (Å²) in [5.74, 6) is 0. The smallest absolute Gasteiger partial charge is 0.326 e. The van der Waals surface area contributed by atoms with Crippen LogP contribution in [0.4, 0.5) is 8.78 Å². The van der Waals surface area contributed by atoms with Gasteiger partial charge in [0.2, 0.25) is 0 Å². The molecule has 1 rings (SSSR count). The summed E-state index contributed by atoms with van der Waals surface area (Å²) >= 11 is 0. The zero-order valence-electron chi connectivity index (χ0n) is 7.26. The highest BCUT2D eigenvalue weighted by Gasteiger charge is 2.30. The molecule has 2 nitrogen and oxygen atoms in total. The molecule has 0 amide bonds. The highest BCUT2D eigenvalue weighted by Crippen LogP contribution is 2.28. The quantitative estimate of drug-likeness (QED) is 0.783. The van der Waals surface area contributed by atoms with Crippen LogP contribution >= 0.6 is 0 Å². The van der Waals surface area contributed by atoms with Crippen LogP contribution in [-0.2, 0) is 17.4 Å². The molecule has 1 aromatic rings. The number of alkyl halides is 2. The molecule has 0 atom stereocenters. The summed E-state index contributed by atoms with van der Waals surface area (Å²) in [4.78, 5) is 0. The van der Waals surface area contributed by atoms with Crippen LogP contribution in [0, 0.1) is 0 Å². The normalized spacial score (nSPS) is 11.7. The van der Waals surface area contributed by atoms with E-state index in [1.807, 2.05) is 0 Å². The zero-order chi connectivity index (χ0) is 9.90. The van der Waals surface area contributed by atoms with E-state index in [1.165, 1.54) is 12.1 Å². The summed E-state index contributed by atoms with van der Waals surface area (Å²) in [6, 6.07) is 5.74. The molecule has 0 aliphatic heterocycles. The van der Waals surface area contributed by atoms with Gasteiger partial charge in [-0.15, -0.1) is 0 Å². The van der Waals surface area contributed by atoms with Crippen LogP contribution in [0.2, 0.25) is 0 Å². The second-order valence-electron chi connectivity index (χ2n) is 2.62. The lowest BCUT2D eigenvalue weighted by molar-refractivity contribution is -0.231. The van der Waals surface area contributed by atoms with Crippen LogP contribution in [0.5, 0.6) is 0 Å². The lowest BCUT2D eigenvalue weighted by Gasteiger charge is -2.13. The van der Waals surface area contributed by atoms with E-state index < -0.39 is 6.11 Å². The molecule has 1 aromatic carbocycles. The van der Waals surface area contributed by atoms with Gasteiger partial charge in [-0.3, -0.25) is 0 Å². The minimum Gasteiger partial charge on any atom is -0.326 e. The van der Waals surface area contributed by atoms with Crippen LogP contribution in [0.25, 0.3) is 0 Å². The fraction of sp³-hybridized carbons (Fsp3) is 0.333. The maximum absolute atomic E-state index is 12.9. The SMILES string of the molecule is COC(F)(F)c1ccc(CN)cc1. The van der Waals surface area contributed by atoms with Gasteiger partial charge in [-0.1, -0.05) is 24.3 Å². The molecule has 0 fully saturated rings. The number of methoxy groups -OCH3 is 1. The van der Waals surface area contributed by atoms with Crippen LogP contribution in [0.15, 0.2) is 24.3 Å². The van der Waals surface area contributed by atoms with E-state index in [0.29, 0.717) is 6.54 Å². The molecule has 0 spiro atoms. The van der Waals surface area contributed by atoms with Crippen LogP contribution < -0.4 is 5.73 Å². The average Bonchev–Trinajstić information content (AvgIpc) is 2.18. The van der Waals surface area contributed by atoms with E-state index in [9.17, 15) is 8.78 Å². The van der Waals surface area contributed by atoms with Crippen molar-refractivity contribution >= 4 is 0 Å². The number of benzene rings is 1. The van der Waals surface area contributed by atoms with Gasteiger partial charge in [-0.25, -0.2) is 0 Å². The molecular weight excluding hydrogens is 176 g/mol. The first kappa shape index (κ1) is 10.1. The zero-order valence-corrected chi connectivity index (χ0v) is 7.26. The third-order valence-electron chi connectivity index (χ3n) is 1.78. The number of hydrogen-bond acceptors (Lipinski definition) is 2. The Morgan fingerprint density at radius 1 is 1.31 bits per heavy atom. The summed E-state index contributed by atoms with van der Waals surface area (Å²) in [5, 5.41) is 0. The Labute approximate surface area is 75.3 Å². The Hall–Kier alpha value is -1.00. The Morgan fingerprint density at radius 3 is 2.23 bits per heavy atom. The Bertz CT molecular complexity index is 271. The van der Waals surface area contributed by atoms with Gasteiger partial charge < -0.3 is 10.5 Å². The number of nitrogens with two attached hydrogens (primary N) is 1. The van der Waals surface area contributed by atoms with Crippen molar-refractivity contribution in [3.05, 3.63) is 35.4 Å². The van der Waals surface area contributed by atoms with Crippen molar-refractivity contribution in [1.29, 1.82) is 0 Å². The second kappa shape index (κ2) is 3.81. The van der Waals surface area contributed by atoms with Crippen molar-refractivity contribution < 1.29 is 13.5 Å². The van der Waals surface area contributed by atoms with Crippen molar-refractivity contribution in [1.82, 2.24) is 0 Å². The summed E-state index contributed by atoms with van der Waals surface area (Å²) < 4.78 is 29.8. The molecule has 0 bridgehead atoms. The maximum Gasteiger partial charge on any atom is 0.383 e. The predicted molar refractivity (Wildman–Crippen MR) is 45.2 cm³/mol. The number of rotatable bonds is 3. The molecule has 0 saturated carbocycles. The van der Waals surface area contributed by atoms with E-state index >= 15 is 0 Å². The van der Waals surface area contributed by atoms with E-state index in [4.69, 9.17) is 5.73 Å². The van der Waals surface area contributed by atoms with E-state index in [-0.39, 0.29) is 5.56 Å². The van der Waals surface area contributed by atoms with Crippen molar-refractivity contribution in [2.75, 3.05) is 7.11 Å². The summed E-state index contributed by atoms with van der Waals surface area (Å²) in [7, 11) is 0.969. The minimum atomic E-state index is -3.22. The highest BCUT2D eigenvalue weighted by atomic mass is 19.3. The number of hydrogen-bond donors (Lipinski definition) is 1. The van der Waals surface area contributed by atoms with Crippen LogP contribution in [-0.4, -0.2) is 7.11 Å². The third-order valence-corrected chi connectivity index (χ3v) is 1.78. The maximum atomic E-state index is 12.9. The molecule has 4 heteroatoms. The molecule has 0 aliphatic rings. The third kappa shape index (κ3) is 2.23. The van der Waals surface area contributed by atoms with E-state index in [2.05, 4.69) is 4.74 Å². The standard InChI is InChI=1S/C9H11F2NO/c1-13-9(10,11)8-4-2-7(6-12)3-5-8/h2-5H,6,12H2,1H3. The van der Waals surface area contributed by atoms with Gasteiger partial charge in [0.25, 0.3) is 0 Å². The van der Waals surface area contributed by atoms with Gasteiger partial charge in [0.05, 0.1) is 5.56 Å². The van der Waals surface area contributed by atoms with Crippen molar-refractivity contribution in [2.24, 2.45) is 5.73 Å². The van der Waals surface area contributed by atoms with Gasteiger partial charge >= 0.3 is 6.11 Å². The molecule has 2 N–H and O–H groups in total. The van der Waals surface area contributed by atoms with Crippen LogP contribution in [0.1, 0.15) is 11.1 Å². The fourth-order valence-corrected chi connectivity index (χ4v) is 0.953. The molecule has 0 unspecified atom stereocenters. The van der Waals surface area contributed by atoms with E-state index in [0.717, 1.165) is 12.7 Å². The first-order valence-electron chi connectivity index (χ1n) is 3.82. The minimum absolute atomic E-state index is 0.160. The summed E-state index contributed by atoms with van der Waals surface area (Å²) in [6.45, 7) is 0.346. The lowest BCUT2D eigenvalue weighted by Crippen LogP contribution is -2.15. The molecule has 13 heavy (non-hydrogen) atoms. The Kier molecular flexibility index (Phi) is 2.95. The topological polar surface area (TPSA) is 35.2 Å². The van der Waals surface area contributed by atoms with E-state index in [1.54, 1.807) is 12.1 Å². The number of halogens is 2. The first-order chi connectivity index (χ1) is 6.10. The fourth-order valence-electron chi connectivity index (χ4n) is 0.953. The Balaban J connectivity index is 2.92. The van der Waals surface area contributed by atoms with Gasteiger partial charge in [0, 0.05) is 13.7 Å². The monoisotopic (exact) mass is 187 g/mol. The van der Waals surface area contributed by atoms with Crippen LogP contribution in [0.3, 0.4) is 0 Å². The van der Waals surface area contributed by atoms with Gasteiger partial charge in [-0.05, 0) is 5.56 Å². The summed E-state index contributed by atoms with van der Waals surface area (Å²) in [6.07, 6.45) is -3.22. The summed E-state index contributed by atoms with van der Waals surface area (Å²) in [5.41, 5.74) is 5.98. The van der Waals surface area contributed by atoms with Crippen molar-refractivity contribution in [3.63, 3.8) is 0 Å². The largest absolute Gasteiger partial charge is 0.383 e.